The van der Waals surface area contributed by atoms with Crippen LogP contribution in [0.2, 0.25) is 0 Å². The van der Waals surface area contributed by atoms with Crippen LogP contribution in [-0.4, -0.2) is 50.8 Å². The zero-order chi connectivity index (χ0) is 23.7. The number of carbonyl (C=O) groups excluding carboxylic acids is 3. The molecule has 0 atom stereocenters. The molecule has 1 aliphatic heterocycles. The lowest BCUT2D eigenvalue weighted by Gasteiger charge is -2.30. The number of amides is 4. The lowest BCUT2D eigenvalue weighted by atomic mass is 9.82. The second-order valence-corrected chi connectivity index (χ2v) is 9.40. The van der Waals surface area contributed by atoms with Gasteiger partial charge in [0.1, 0.15) is 11.3 Å². The van der Waals surface area contributed by atoms with Crippen molar-refractivity contribution < 1.29 is 19.1 Å². The van der Waals surface area contributed by atoms with Gasteiger partial charge in [-0.05, 0) is 49.2 Å². The van der Waals surface area contributed by atoms with Crippen LogP contribution in [-0.2, 0) is 9.59 Å². The Morgan fingerprint density at radius 3 is 2.59 bits per heavy atom. The van der Waals surface area contributed by atoms with E-state index in [1.165, 1.54) is 11.8 Å². The smallest absolute Gasteiger partial charge is 0.344 e. The van der Waals surface area contributed by atoms with Crippen LogP contribution >= 0.6 is 11.8 Å². The number of urea groups is 1. The molecule has 0 bridgehead atoms. The van der Waals surface area contributed by atoms with Crippen LogP contribution in [0.25, 0.3) is 16.7 Å². The third kappa shape index (κ3) is 3.98. The average Bonchev–Trinajstić information content (AvgIpc) is 3.34. The van der Waals surface area contributed by atoms with Gasteiger partial charge in [0, 0.05) is 5.69 Å². The quantitative estimate of drug-likeness (QED) is 0.415. The van der Waals surface area contributed by atoms with Crippen molar-refractivity contribution in [1.29, 1.82) is 0 Å². The van der Waals surface area contributed by atoms with Crippen molar-refractivity contribution in [3.05, 3.63) is 48.5 Å². The highest BCUT2D eigenvalue weighted by molar-refractivity contribution is 7.99. The number of thioether (sulfide) groups is 1. The van der Waals surface area contributed by atoms with Crippen molar-refractivity contribution >= 4 is 40.6 Å². The lowest BCUT2D eigenvalue weighted by Crippen LogP contribution is -2.51. The Bertz CT molecular complexity index is 1250. The first-order valence-corrected chi connectivity index (χ1v) is 12.2. The molecule has 10 heteroatoms. The predicted molar refractivity (Wildman–Crippen MR) is 128 cm³/mol. The Kier molecular flexibility index (Phi) is 5.91. The number of hydrazine groups is 1. The molecular formula is C24H25N5O4S. The van der Waals surface area contributed by atoms with E-state index in [4.69, 9.17) is 4.74 Å². The maximum absolute atomic E-state index is 12.9. The standard InChI is InChI=1S/C24H25N5O4S/c1-33-17-11-9-16(10-12-17)28-19-8-4-3-7-18(19)25-23(28)34-15-20(30)27-29-21(31)24(26-22(29)32)13-5-2-6-14-24/h3-4,7-12H,2,5-6,13-15H2,1H3,(H,26,32)(H,27,30). The molecule has 1 saturated heterocycles. The van der Waals surface area contributed by atoms with Crippen LogP contribution in [0.1, 0.15) is 32.1 Å². The van der Waals surface area contributed by atoms with E-state index in [1.807, 2.05) is 53.1 Å². The van der Waals surface area contributed by atoms with Gasteiger partial charge in [-0.1, -0.05) is 43.2 Å². The van der Waals surface area contributed by atoms with Crippen LogP contribution < -0.4 is 15.5 Å². The molecule has 1 saturated carbocycles. The van der Waals surface area contributed by atoms with E-state index < -0.39 is 17.5 Å². The molecule has 0 unspecified atom stereocenters. The second-order valence-electron chi connectivity index (χ2n) is 8.45. The molecule has 9 nitrogen and oxygen atoms in total. The number of hydrogen-bond donors (Lipinski definition) is 2. The van der Waals surface area contributed by atoms with Crippen LogP contribution in [0.5, 0.6) is 5.75 Å². The van der Waals surface area contributed by atoms with Crippen LogP contribution in [0.3, 0.4) is 0 Å². The summed E-state index contributed by atoms with van der Waals surface area (Å²) in [7, 11) is 1.61. The number of benzene rings is 2. The van der Waals surface area contributed by atoms with Gasteiger partial charge in [-0.3, -0.25) is 19.6 Å². The van der Waals surface area contributed by atoms with Crippen molar-refractivity contribution in [2.24, 2.45) is 0 Å². The van der Waals surface area contributed by atoms with Crippen LogP contribution in [0.15, 0.2) is 53.7 Å². The van der Waals surface area contributed by atoms with E-state index in [0.717, 1.165) is 46.7 Å². The van der Waals surface area contributed by atoms with E-state index in [9.17, 15) is 14.4 Å². The van der Waals surface area contributed by atoms with Gasteiger partial charge in [-0.25, -0.2) is 9.78 Å². The summed E-state index contributed by atoms with van der Waals surface area (Å²) in [6.07, 6.45) is 4.01. The van der Waals surface area contributed by atoms with Gasteiger partial charge in [0.15, 0.2) is 5.16 Å². The van der Waals surface area contributed by atoms with E-state index in [0.29, 0.717) is 18.0 Å². The first-order valence-electron chi connectivity index (χ1n) is 11.2. The Labute approximate surface area is 200 Å². The SMILES string of the molecule is COc1ccc(-n2c(SCC(=O)NN3C(=O)NC4(CCCCC4)C3=O)nc3ccccc32)cc1. The predicted octanol–water partition coefficient (Wildman–Crippen LogP) is 3.41. The van der Waals surface area contributed by atoms with Crippen molar-refractivity contribution in [3.8, 4) is 11.4 Å². The summed E-state index contributed by atoms with van der Waals surface area (Å²) < 4.78 is 7.23. The summed E-state index contributed by atoms with van der Waals surface area (Å²) in [4.78, 5) is 42.7. The van der Waals surface area contributed by atoms with Gasteiger partial charge in [-0.2, -0.15) is 5.01 Å². The minimum atomic E-state index is -0.877. The average molecular weight is 480 g/mol. The maximum Gasteiger partial charge on any atom is 0.344 e. The number of imide groups is 1. The third-order valence-electron chi connectivity index (χ3n) is 6.30. The number of hydrogen-bond acceptors (Lipinski definition) is 6. The zero-order valence-electron chi connectivity index (χ0n) is 18.7. The fourth-order valence-corrected chi connectivity index (χ4v) is 5.41. The molecule has 2 fully saturated rings. The number of nitrogens with zero attached hydrogens (tertiary/aromatic N) is 3. The third-order valence-corrected chi connectivity index (χ3v) is 7.24. The molecule has 2 heterocycles. The van der Waals surface area contributed by atoms with Crippen molar-refractivity contribution in [3.63, 3.8) is 0 Å². The summed E-state index contributed by atoms with van der Waals surface area (Å²) in [5.41, 5.74) is 4.20. The molecule has 1 spiro atoms. The fourth-order valence-electron chi connectivity index (χ4n) is 4.58. The van der Waals surface area contributed by atoms with Gasteiger partial charge in [0.2, 0.25) is 5.91 Å². The van der Waals surface area contributed by atoms with Gasteiger partial charge in [0.05, 0.1) is 23.9 Å². The number of para-hydroxylation sites is 2. The number of imidazole rings is 1. The Balaban J connectivity index is 1.32. The summed E-state index contributed by atoms with van der Waals surface area (Å²) >= 11 is 1.24. The number of carbonyl (C=O) groups is 3. The molecule has 2 N–H and O–H groups in total. The van der Waals surface area contributed by atoms with E-state index in [-0.39, 0.29) is 11.7 Å². The van der Waals surface area contributed by atoms with Gasteiger partial charge in [-0.15, -0.1) is 0 Å². The summed E-state index contributed by atoms with van der Waals surface area (Å²) in [5, 5.41) is 4.26. The molecule has 2 aliphatic rings. The molecule has 1 aliphatic carbocycles. The number of rotatable bonds is 6. The Hall–Kier alpha value is -3.53. The van der Waals surface area contributed by atoms with Gasteiger partial charge in [0.25, 0.3) is 5.91 Å². The molecule has 34 heavy (non-hydrogen) atoms. The first kappa shape index (κ1) is 22.3. The number of ether oxygens (including phenoxy) is 1. The number of methoxy groups -OCH3 is 1. The highest BCUT2D eigenvalue weighted by Gasteiger charge is 2.52. The molecule has 4 amide bonds. The minimum Gasteiger partial charge on any atom is -0.497 e. The monoisotopic (exact) mass is 479 g/mol. The van der Waals surface area contributed by atoms with Crippen LogP contribution in [0.4, 0.5) is 4.79 Å². The highest BCUT2D eigenvalue weighted by atomic mass is 32.2. The number of fused-ring (bicyclic) bond motifs is 1. The van der Waals surface area contributed by atoms with E-state index in [2.05, 4.69) is 15.7 Å². The van der Waals surface area contributed by atoms with E-state index >= 15 is 0 Å². The maximum atomic E-state index is 12.9. The topological polar surface area (TPSA) is 106 Å². The highest BCUT2D eigenvalue weighted by Crippen LogP contribution is 2.33. The molecule has 5 rings (SSSR count). The zero-order valence-corrected chi connectivity index (χ0v) is 19.6. The first-order chi connectivity index (χ1) is 16.5. The Morgan fingerprint density at radius 2 is 1.85 bits per heavy atom. The van der Waals surface area contributed by atoms with Gasteiger partial charge < -0.3 is 10.1 Å². The summed E-state index contributed by atoms with van der Waals surface area (Å²) in [5.74, 6) is -0.0921. The molecule has 3 aromatic rings. The van der Waals surface area contributed by atoms with E-state index in [1.54, 1.807) is 7.11 Å². The minimum absolute atomic E-state index is 0.0104. The second kappa shape index (κ2) is 9.02. The van der Waals surface area contributed by atoms with Gasteiger partial charge >= 0.3 is 6.03 Å². The number of aromatic nitrogens is 2. The van der Waals surface area contributed by atoms with Crippen LogP contribution in [0, 0.1) is 0 Å². The molecule has 0 radical (unpaired) electrons. The number of nitrogens with one attached hydrogen (secondary N) is 2. The molecular weight excluding hydrogens is 454 g/mol. The summed E-state index contributed by atoms with van der Waals surface area (Å²) in [6, 6.07) is 14.7. The van der Waals surface area contributed by atoms with Crippen molar-refractivity contribution in [1.82, 2.24) is 25.3 Å². The molecule has 1 aromatic heterocycles. The van der Waals surface area contributed by atoms with Crippen molar-refractivity contribution in [2.45, 2.75) is 42.8 Å². The largest absolute Gasteiger partial charge is 0.497 e. The fraction of sp³-hybridized carbons (Fsp3) is 0.333. The lowest BCUT2D eigenvalue weighted by molar-refractivity contribution is -0.139. The Morgan fingerprint density at radius 1 is 1.12 bits per heavy atom. The van der Waals surface area contributed by atoms with Crippen molar-refractivity contribution in [2.75, 3.05) is 12.9 Å². The normalized spacial score (nSPS) is 17.3. The summed E-state index contributed by atoms with van der Waals surface area (Å²) in [6.45, 7) is 0. The molecule has 2 aromatic carbocycles. The molecule has 176 valence electrons.